The fourth-order valence-electron chi connectivity index (χ4n) is 1.41. The van der Waals surface area contributed by atoms with E-state index < -0.39 is 6.10 Å². The number of imidazole rings is 1. The molecule has 1 atom stereocenters. The Morgan fingerprint density at radius 3 is 3.14 bits per heavy atom. The van der Waals surface area contributed by atoms with Crippen molar-refractivity contribution >= 4 is 5.65 Å². The minimum Gasteiger partial charge on any atom is -0.387 e. The Kier molecular flexibility index (Phi) is 2.43. The molecule has 5 heteroatoms. The number of nitrogens with two attached hydrogens (primary N) is 1. The molecule has 0 amide bonds. The van der Waals surface area contributed by atoms with Crippen LogP contribution in [-0.2, 0) is 0 Å². The molecule has 0 saturated heterocycles. The van der Waals surface area contributed by atoms with Crippen LogP contribution >= 0.6 is 0 Å². The van der Waals surface area contributed by atoms with Crippen LogP contribution in [0.5, 0.6) is 0 Å². The third-order valence-electron chi connectivity index (χ3n) is 2.13. The van der Waals surface area contributed by atoms with Crippen molar-refractivity contribution in [2.24, 2.45) is 5.73 Å². The van der Waals surface area contributed by atoms with Crippen LogP contribution < -0.4 is 5.73 Å². The first kappa shape index (κ1) is 9.11. The zero-order valence-corrected chi connectivity index (χ0v) is 7.67. The summed E-state index contributed by atoms with van der Waals surface area (Å²) in [5, 5.41) is 9.75. The lowest BCUT2D eigenvalue weighted by molar-refractivity contribution is 0.164. The van der Waals surface area contributed by atoms with Gasteiger partial charge in [-0.05, 0) is 13.0 Å². The van der Waals surface area contributed by atoms with Crippen LogP contribution in [0.4, 0.5) is 0 Å². The smallest absolute Gasteiger partial charge is 0.155 e. The van der Waals surface area contributed by atoms with Gasteiger partial charge in [0.2, 0.25) is 0 Å². The Bertz CT molecular complexity index is 425. The van der Waals surface area contributed by atoms with Crippen molar-refractivity contribution in [3.8, 4) is 0 Å². The monoisotopic (exact) mass is 192 g/mol. The van der Waals surface area contributed by atoms with Gasteiger partial charge in [0.25, 0.3) is 0 Å². The highest BCUT2D eigenvalue weighted by atomic mass is 16.3. The van der Waals surface area contributed by atoms with E-state index in [1.54, 1.807) is 24.8 Å². The highest BCUT2D eigenvalue weighted by Crippen LogP contribution is 2.16. The topological polar surface area (TPSA) is 76.4 Å². The molecule has 14 heavy (non-hydrogen) atoms. The predicted octanol–water partition coefficient (Wildman–Crippen LogP) is 0.112. The van der Waals surface area contributed by atoms with E-state index in [1.807, 2.05) is 4.40 Å². The molecule has 1 unspecified atom stereocenters. The SMILES string of the molecule is NCCC(O)c1cnc2cnccn12. The maximum atomic E-state index is 9.75. The van der Waals surface area contributed by atoms with Gasteiger partial charge in [0.05, 0.1) is 24.2 Å². The van der Waals surface area contributed by atoms with Gasteiger partial charge in [0, 0.05) is 12.4 Å². The van der Waals surface area contributed by atoms with Gasteiger partial charge in [0.1, 0.15) is 0 Å². The Morgan fingerprint density at radius 2 is 2.36 bits per heavy atom. The molecule has 2 rings (SSSR count). The second-order valence-electron chi connectivity index (χ2n) is 3.08. The lowest BCUT2D eigenvalue weighted by atomic mass is 10.2. The van der Waals surface area contributed by atoms with Crippen LogP contribution in [-0.4, -0.2) is 26.0 Å². The summed E-state index contributed by atoms with van der Waals surface area (Å²) < 4.78 is 1.81. The molecule has 2 aromatic rings. The Labute approximate surface area is 81.2 Å². The molecule has 74 valence electrons. The molecule has 0 aliphatic carbocycles. The minimum atomic E-state index is -0.558. The van der Waals surface area contributed by atoms with Crippen LogP contribution in [0.1, 0.15) is 18.2 Å². The van der Waals surface area contributed by atoms with Gasteiger partial charge in [-0.25, -0.2) is 4.98 Å². The van der Waals surface area contributed by atoms with Gasteiger partial charge < -0.3 is 10.8 Å². The third-order valence-corrected chi connectivity index (χ3v) is 2.13. The van der Waals surface area contributed by atoms with E-state index in [2.05, 4.69) is 9.97 Å². The van der Waals surface area contributed by atoms with Crippen molar-refractivity contribution in [2.45, 2.75) is 12.5 Å². The zero-order chi connectivity index (χ0) is 9.97. The summed E-state index contributed by atoms with van der Waals surface area (Å²) in [6.07, 6.45) is 6.72. The molecular formula is C9H12N4O. The number of aliphatic hydroxyl groups is 1. The summed E-state index contributed by atoms with van der Waals surface area (Å²) in [5.41, 5.74) is 6.87. The normalized spacial score (nSPS) is 13.3. The van der Waals surface area contributed by atoms with Gasteiger partial charge in [-0.1, -0.05) is 0 Å². The average Bonchev–Trinajstić information content (AvgIpc) is 2.61. The van der Waals surface area contributed by atoms with Crippen LogP contribution in [0, 0.1) is 0 Å². The molecule has 0 spiro atoms. The number of hydrogen-bond donors (Lipinski definition) is 2. The van der Waals surface area contributed by atoms with Crippen LogP contribution in [0.15, 0.2) is 24.8 Å². The maximum absolute atomic E-state index is 9.75. The molecule has 2 aromatic heterocycles. The van der Waals surface area contributed by atoms with Gasteiger partial charge in [0.15, 0.2) is 5.65 Å². The van der Waals surface area contributed by atoms with E-state index in [-0.39, 0.29) is 0 Å². The Morgan fingerprint density at radius 1 is 1.50 bits per heavy atom. The Hall–Kier alpha value is -1.46. The Balaban J connectivity index is 2.42. The zero-order valence-electron chi connectivity index (χ0n) is 7.67. The van der Waals surface area contributed by atoms with E-state index in [1.165, 1.54) is 0 Å². The molecule has 0 aliphatic rings. The molecule has 2 heterocycles. The molecular weight excluding hydrogens is 180 g/mol. The standard InChI is InChI=1S/C9H12N4O/c10-2-1-8(14)7-5-12-9-6-11-3-4-13(7)9/h3-6,8,14H,1-2,10H2. The van der Waals surface area contributed by atoms with Crippen LogP contribution in [0.2, 0.25) is 0 Å². The molecule has 0 aromatic carbocycles. The number of aromatic nitrogens is 3. The lowest BCUT2D eigenvalue weighted by Crippen LogP contribution is -2.08. The second kappa shape index (κ2) is 3.73. The summed E-state index contributed by atoms with van der Waals surface area (Å²) in [6.45, 7) is 0.458. The van der Waals surface area contributed by atoms with Crippen molar-refractivity contribution in [1.82, 2.24) is 14.4 Å². The van der Waals surface area contributed by atoms with E-state index in [4.69, 9.17) is 5.73 Å². The lowest BCUT2D eigenvalue weighted by Gasteiger charge is -2.07. The first-order valence-electron chi connectivity index (χ1n) is 4.48. The highest BCUT2D eigenvalue weighted by molar-refractivity contribution is 5.37. The van der Waals surface area contributed by atoms with Crippen molar-refractivity contribution < 1.29 is 5.11 Å². The van der Waals surface area contributed by atoms with Crippen LogP contribution in [0.3, 0.4) is 0 Å². The van der Waals surface area contributed by atoms with Crippen molar-refractivity contribution in [1.29, 1.82) is 0 Å². The fourth-order valence-corrected chi connectivity index (χ4v) is 1.41. The number of hydrogen-bond acceptors (Lipinski definition) is 4. The van der Waals surface area contributed by atoms with Crippen molar-refractivity contribution in [3.63, 3.8) is 0 Å². The maximum Gasteiger partial charge on any atom is 0.155 e. The fraction of sp³-hybridized carbons (Fsp3) is 0.333. The summed E-state index contributed by atoms with van der Waals surface area (Å²) in [6, 6.07) is 0. The third kappa shape index (κ3) is 1.47. The van der Waals surface area contributed by atoms with Crippen molar-refractivity contribution in [2.75, 3.05) is 6.54 Å². The highest BCUT2D eigenvalue weighted by Gasteiger charge is 2.11. The van der Waals surface area contributed by atoms with Gasteiger partial charge in [-0.2, -0.15) is 0 Å². The largest absolute Gasteiger partial charge is 0.387 e. The first-order valence-corrected chi connectivity index (χ1v) is 4.48. The van der Waals surface area contributed by atoms with Crippen LogP contribution in [0.25, 0.3) is 5.65 Å². The van der Waals surface area contributed by atoms with Gasteiger partial charge in [-0.15, -0.1) is 0 Å². The summed E-state index contributed by atoms with van der Waals surface area (Å²) in [4.78, 5) is 8.06. The molecule has 3 N–H and O–H groups in total. The summed E-state index contributed by atoms with van der Waals surface area (Å²) >= 11 is 0. The second-order valence-corrected chi connectivity index (χ2v) is 3.08. The van der Waals surface area contributed by atoms with Crippen molar-refractivity contribution in [3.05, 3.63) is 30.5 Å². The molecule has 0 bridgehead atoms. The quantitative estimate of drug-likeness (QED) is 0.723. The summed E-state index contributed by atoms with van der Waals surface area (Å²) in [5.74, 6) is 0. The average molecular weight is 192 g/mol. The van der Waals surface area contributed by atoms with E-state index >= 15 is 0 Å². The summed E-state index contributed by atoms with van der Waals surface area (Å²) in [7, 11) is 0. The van der Waals surface area contributed by atoms with E-state index in [9.17, 15) is 5.11 Å². The van der Waals surface area contributed by atoms with Gasteiger partial charge in [-0.3, -0.25) is 9.38 Å². The molecule has 5 nitrogen and oxygen atoms in total. The number of fused-ring (bicyclic) bond motifs is 1. The number of rotatable bonds is 3. The number of aliphatic hydroxyl groups excluding tert-OH is 1. The molecule has 0 saturated carbocycles. The van der Waals surface area contributed by atoms with E-state index in [0.29, 0.717) is 13.0 Å². The minimum absolute atomic E-state index is 0.458. The first-order chi connectivity index (χ1) is 6.83. The molecule has 0 aliphatic heterocycles. The predicted molar refractivity (Wildman–Crippen MR) is 51.6 cm³/mol. The van der Waals surface area contributed by atoms with Gasteiger partial charge >= 0.3 is 0 Å². The molecule has 0 fully saturated rings. The number of nitrogens with zero attached hydrogens (tertiary/aromatic N) is 3. The molecule has 0 radical (unpaired) electrons. The van der Waals surface area contributed by atoms with E-state index in [0.717, 1.165) is 11.3 Å².